The molecule has 0 unspecified atom stereocenters. The molecule has 0 radical (unpaired) electrons. The average molecular weight is 571 g/mol. The van der Waals surface area contributed by atoms with Crippen LogP contribution in [0.15, 0.2) is 40.6 Å². The van der Waals surface area contributed by atoms with Crippen molar-refractivity contribution in [3.05, 3.63) is 85.6 Å². The number of ether oxygens (including phenoxy) is 1. The molecule has 0 fully saturated rings. The van der Waals surface area contributed by atoms with Crippen molar-refractivity contribution in [2.45, 2.75) is 13.5 Å². The van der Waals surface area contributed by atoms with Crippen LogP contribution in [0.2, 0.25) is 5.02 Å². The molecule has 5 aromatic rings. The minimum absolute atomic E-state index is 0.0132. The number of carboxylic acid groups (broad SMARTS) is 1. The van der Waals surface area contributed by atoms with E-state index in [4.69, 9.17) is 16.3 Å². The first kappa shape index (κ1) is 26.1. The number of nitriles is 1. The highest BCUT2D eigenvalue weighted by atomic mass is 35.5. The number of aryl methyl sites for hydroxylation is 1. The summed E-state index contributed by atoms with van der Waals surface area (Å²) >= 11 is 7.19. The molecule has 39 heavy (non-hydrogen) atoms. The van der Waals surface area contributed by atoms with Crippen LogP contribution in [0.4, 0.5) is 13.2 Å². The third-order valence-corrected chi connectivity index (χ3v) is 7.30. The van der Waals surface area contributed by atoms with Crippen molar-refractivity contribution in [2.75, 3.05) is 6.61 Å². The van der Waals surface area contributed by atoms with Crippen LogP contribution in [0.1, 0.15) is 21.7 Å². The van der Waals surface area contributed by atoms with Gasteiger partial charge in [-0.05, 0) is 19.1 Å². The van der Waals surface area contributed by atoms with Crippen molar-refractivity contribution in [2.24, 2.45) is 0 Å². The van der Waals surface area contributed by atoms with E-state index >= 15 is 0 Å². The topological polar surface area (TPSA) is 118 Å². The van der Waals surface area contributed by atoms with Gasteiger partial charge in [-0.1, -0.05) is 11.6 Å². The number of rotatable bonds is 6. The van der Waals surface area contributed by atoms with E-state index in [0.717, 1.165) is 28.0 Å². The van der Waals surface area contributed by atoms with E-state index in [1.165, 1.54) is 30.6 Å². The number of thiophene rings is 1. The van der Waals surface area contributed by atoms with E-state index < -0.39 is 34.5 Å². The zero-order valence-corrected chi connectivity index (χ0v) is 21.3. The molecule has 0 saturated heterocycles. The maximum Gasteiger partial charge on any atom is 0.338 e. The Bertz CT molecular complexity index is 1930. The number of aromatic carboxylic acids is 1. The molecule has 5 rings (SSSR count). The van der Waals surface area contributed by atoms with Gasteiger partial charge >= 0.3 is 5.97 Å². The zero-order chi connectivity index (χ0) is 28.0. The summed E-state index contributed by atoms with van der Waals surface area (Å²) in [7, 11) is 0. The van der Waals surface area contributed by atoms with Crippen LogP contribution in [0, 0.1) is 35.7 Å². The first-order chi connectivity index (χ1) is 18.6. The van der Waals surface area contributed by atoms with Gasteiger partial charge in [0.05, 0.1) is 38.3 Å². The molecule has 0 atom stereocenters. The first-order valence-electron chi connectivity index (χ1n) is 11.1. The minimum atomic E-state index is -1.44. The van der Waals surface area contributed by atoms with Crippen molar-refractivity contribution in [1.29, 1.82) is 5.26 Å². The van der Waals surface area contributed by atoms with Gasteiger partial charge in [-0.3, -0.25) is 14.3 Å². The number of benzene rings is 2. The molecule has 3 aromatic heterocycles. The Balaban J connectivity index is 1.53. The number of aromatic nitrogens is 3. The largest absolute Gasteiger partial charge is 0.491 e. The summed E-state index contributed by atoms with van der Waals surface area (Å²) in [5.74, 6) is -4.44. The first-order valence-corrected chi connectivity index (χ1v) is 12.4. The van der Waals surface area contributed by atoms with Crippen molar-refractivity contribution >= 4 is 50.0 Å². The number of pyridine rings is 1. The van der Waals surface area contributed by atoms with Gasteiger partial charge < -0.3 is 9.84 Å². The number of carbonyl (C=O) groups is 1. The highest BCUT2D eigenvalue weighted by Crippen LogP contribution is 2.40. The van der Waals surface area contributed by atoms with Gasteiger partial charge in [0.2, 0.25) is 0 Å². The Kier molecular flexibility index (Phi) is 6.71. The van der Waals surface area contributed by atoms with Crippen LogP contribution in [0.25, 0.3) is 32.2 Å². The lowest BCUT2D eigenvalue weighted by atomic mass is 10.0. The number of halogens is 4. The minimum Gasteiger partial charge on any atom is -0.491 e. The molecule has 3 heterocycles. The second-order valence-corrected chi connectivity index (χ2v) is 9.56. The van der Waals surface area contributed by atoms with E-state index in [0.29, 0.717) is 15.8 Å². The highest BCUT2D eigenvalue weighted by molar-refractivity contribution is 7.18. The molecule has 0 saturated carbocycles. The summed E-state index contributed by atoms with van der Waals surface area (Å²) in [6.07, 6.45) is 1.41. The monoisotopic (exact) mass is 570 g/mol. The molecular weight excluding hydrogens is 557 g/mol. The average Bonchev–Trinajstić information content (AvgIpc) is 3.34. The Morgan fingerprint density at radius 1 is 1.23 bits per heavy atom. The van der Waals surface area contributed by atoms with Crippen molar-refractivity contribution in [1.82, 2.24) is 14.5 Å². The van der Waals surface area contributed by atoms with E-state index in [2.05, 4.69) is 9.97 Å². The van der Waals surface area contributed by atoms with Gasteiger partial charge in [0.25, 0.3) is 5.56 Å². The van der Waals surface area contributed by atoms with Gasteiger partial charge in [0.15, 0.2) is 11.6 Å². The molecule has 13 heteroatoms. The predicted molar refractivity (Wildman–Crippen MR) is 138 cm³/mol. The van der Waals surface area contributed by atoms with Gasteiger partial charge in [-0.2, -0.15) is 5.26 Å². The lowest BCUT2D eigenvalue weighted by molar-refractivity contribution is 0.0699. The Labute approximate surface area is 226 Å². The SMILES string of the molecule is Cc1nc2cc(F)c(F)c(C#N)c2c(=O)n1CCOc1cc(F)c(Cl)cc1-c1ccnc2c(C(=O)O)csc12. The lowest BCUT2D eigenvalue weighted by Crippen LogP contribution is -2.27. The maximum atomic E-state index is 14.4. The smallest absolute Gasteiger partial charge is 0.338 e. The second kappa shape index (κ2) is 10.0. The number of hydrogen-bond donors (Lipinski definition) is 1. The van der Waals surface area contributed by atoms with Crippen molar-refractivity contribution in [3.8, 4) is 22.9 Å². The highest BCUT2D eigenvalue weighted by Gasteiger charge is 2.21. The fourth-order valence-electron chi connectivity index (χ4n) is 4.20. The van der Waals surface area contributed by atoms with Crippen molar-refractivity contribution in [3.63, 3.8) is 0 Å². The Morgan fingerprint density at radius 2 is 2.00 bits per heavy atom. The van der Waals surface area contributed by atoms with E-state index in [9.17, 15) is 33.1 Å². The molecule has 0 spiro atoms. The molecule has 2 aromatic carbocycles. The fraction of sp³-hybridized carbons (Fsp3) is 0.115. The molecule has 0 aliphatic heterocycles. The summed E-state index contributed by atoms with van der Waals surface area (Å²) in [4.78, 5) is 33.0. The van der Waals surface area contributed by atoms with Crippen LogP contribution in [0.5, 0.6) is 5.75 Å². The van der Waals surface area contributed by atoms with E-state index in [1.807, 2.05) is 0 Å². The van der Waals surface area contributed by atoms with Gasteiger partial charge in [0, 0.05) is 34.8 Å². The lowest BCUT2D eigenvalue weighted by Gasteiger charge is -2.15. The predicted octanol–water partition coefficient (Wildman–Crippen LogP) is 5.70. The molecule has 196 valence electrons. The summed E-state index contributed by atoms with van der Waals surface area (Å²) in [6.45, 7) is 1.16. The van der Waals surface area contributed by atoms with Crippen LogP contribution >= 0.6 is 22.9 Å². The fourth-order valence-corrected chi connectivity index (χ4v) is 5.40. The summed E-state index contributed by atoms with van der Waals surface area (Å²) in [5.41, 5.74) is -0.557. The third-order valence-electron chi connectivity index (χ3n) is 6.01. The van der Waals surface area contributed by atoms with E-state index in [-0.39, 0.29) is 51.7 Å². The number of carboxylic acids is 1. The summed E-state index contributed by atoms with van der Waals surface area (Å²) in [5, 5.41) is 19.6. The normalized spacial score (nSPS) is 11.2. The second-order valence-electron chi connectivity index (χ2n) is 8.27. The molecule has 0 amide bonds. The molecule has 0 bridgehead atoms. The summed E-state index contributed by atoms with van der Waals surface area (Å²) < 4.78 is 50.0. The number of nitrogens with zero attached hydrogens (tertiary/aromatic N) is 4. The maximum absolute atomic E-state index is 14.4. The molecule has 0 aliphatic carbocycles. The van der Waals surface area contributed by atoms with Crippen LogP contribution in [-0.2, 0) is 6.54 Å². The van der Waals surface area contributed by atoms with Gasteiger partial charge in [-0.25, -0.2) is 22.9 Å². The molecular formula is C26H14ClF3N4O4S. The van der Waals surface area contributed by atoms with Crippen LogP contribution in [-0.4, -0.2) is 32.2 Å². The molecule has 0 aliphatic rings. The van der Waals surface area contributed by atoms with Crippen LogP contribution in [0.3, 0.4) is 0 Å². The quantitative estimate of drug-likeness (QED) is 0.278. The zero-order valence-electron chi connectivity index (χ0n) is 19.8. The summed E-state index contributed by atoms with van der Waals surface area (Å²) in [6, 6.07) is 6.28. The van der Waals surface area contributed by atoms with E-state index in [1.54, 1.807) is 6.07 Å². The van der Waals surface area contributed by atoms with Crippen molar-refractivity contribution < 1.29 is 27.8 Å². The van der Waals surface area contributed by atoms with Gasteiger partial charge in [-0.15, -0.1) is 11.3 Å². The number of hydrogen-bond acceptors (Lipinski definition) is 7. The molecule has 1 N–H and O–H groups in total. The molecule has 8 nitrogen and oxygen atoms in total. The third kappa shape index (κ3) is 4.45. The van der Waals surface area contributed by atoms with Gasteiger partial charge in [0.1, 0.15) is 35.6 Å². The van der Waals surface area contributed by atoms with Crippen LogP contribution < -0.4 is 10.3 Å². The Hall–Kier alpha value is -4.47. The standard InChI is InChI=1S/C26H14ClF3N4O4S/c1-11-33-19-7-18(29)22(30)14(9-31)21(19)25(35)34(11)4-5-38-20-8-17(28)16(27)6-13(20)12-2-3-32-23-15(26(36)37)10-39-24(12)23/h2-3,6-8,10H,4-5H2,1H3,(H,36,37). The number of fused-ring (bicyclic) bond motifs is 2. The Morgan fingerprint density at radius 3 is 2.72 bits per heavy atom.